The van der Waals surface area contributed by atoms with Gasteiger partial charge in [-0.15, -0.1) is 0 Å². The molecule has 8 heteroatoms. The second-order valence-electron chi connectivity index (χ2n) is 10.4. The number of carbonyl (C=O) groups excluding carboxylic acids is 2. The van der Waals surface area contributed by atoms with E-state index in [1.54, 1.807) is 24.3 Å². The summed E-state index contributed by atoms with van der Waals surface area (Å²) in [6.07, 6.45) is 0.681. The van der Waals surface area contributed by atoms with Gasteiger partial charge in [-0.1, -0.05) is 42.5 Å². The van der Waals surface area contributed by atoms with Crippen LogP contribution in [0.5, 0.6) is 0 Å². The Labute approximate surface area is 221 Å². The predicted molar refractivity (Wildman–Crippen MR) is 142 cm³/mol. The highest BCUT2D eigenvalue weighted by molar-refractivity contribution is 5.92. The number of quaternary nitrogens is 1. The van der Waals surface area contributed by atoms with E-state index >= 15 is 0 Å². The zero-order valence-electron chi connectivity index (χ0n) is 21.4. The van der Waals surface area contributed by atoms with Crippen LogP contribution in [0, 0.1) is 24.5 Å². The number of nitrogens with zero attached hydrogens (tertiary/aromatic N) is 2. The summed E-state index contributed by atoms with van der Waals surface area (Å²) in [5, 5.41) is 3.03. The Bertz CT molecular complexity index is 1310. The fourth-order valence-electron chi connectivity index (χ4n) is 5.67. The number of aryl methyl sites for hydroxylation is 1. The van der Waals surface area contributed by atoms with Crippen molar-refractivity contribution < 1.29 is 27.6 Å². The van der Waals surface area contributed by atoms with Crippen molar-refractivity contribution in [1.29, 1.82) is 0 Å². The molecule has 0 unspecified atom stereocenters. The topological polar surface area (TPSA) is 58.6 Å². The maximum Gasteiger partial charge on any atom is 0.415 e. The number of anilines is 2. The van der Waals surface area contributed by atoms with Gasteiger partial charge in [0.15, 0.2) is 12.6 Å². The molecule has 0 aromatic heterocycles. The van der Waals surface area contributed by atoms with Crippen LogP contribution in [0.2, 0.25) is 0 Å². The second-order valence-corrected chi connectivity index (χ2v) is 10.4. The van der Waals surface area contributed by atoms with E-state index in [-0.39, 0.29) is 36.0 Å². The van der Waals surface area contributed by atoms with Crippen LogP contribution in [0.3, 0.4) is 0 Å². The molecule has 3 heterocycles. The Morgan fingerprint density at radius 2 is 1.66 bits per heavy atom. The number of hydrogen-bond acceptors (Lipinski definition) is 3. The fourth-order valence-corrected chi connectivity index (χ4v) is 5.67. The van der Waals surface area contributed by atoms with Crippen molar-refractivity contribution in [3.8, 4) is 0 Å². The number of rotatable bonds is 7. The number of fused-ring (bicyclic) bond motifs is 3. The maximum absolute atomic E-state index is 14.8. The molecule has 3 aliphatic rings. The first-order valence-electron chi connectivity index (χ1n) is 13.0. The Morgan fingerprint density at radius 3 is 2.37 bits per heavy atom. The average Bonchev–Trinajstić information content (AvgIpc) is 2.90. The van der Waals surface area contributed by atoms with Gasteiger partial charge >= 0.3 is 6.09 Å². The molecule has 0 saturated carbocycles. The molecule has 6 rings (SSSR count). The summed E-state index contributed by atoms with van der Waals surface area (Å²) in [5.41, 5.74) is 2.55. The normalized spacial score (nSPS) is 22.1. The molecule has 2 bridgehead atoms. The minimum atomic E-state index is -0.652. The lowest BCUT2D eigenvalue weighted by Gasteiger charge is -2.51. The third-order valence-corrected chi connectivity index (χ3v) is 7.81. The van der Waals surface area contributed by atoms with E-state index in [0.717, 1.165) is 37.2 Å². The molecule has 1 N–H and O–H groups in total. The summed E-state index contributed by atoms with van der Waals surface area (Å²) in [4.78, 5) is 27.7. The minimum Gasteiger partial charge on any atom is -0.440 e. The van der Waals surface area contributed by atoms with Crippen molar-refractivity contribution in [1.82, 2.24) is 0 Å². The van der Waals surface area contributed by atoms with E-state index in [1.807, 2.05) is 31.2 Å². The first-order chi connectivity index (χ1) is 18.3. The maximum atomic E-state index is 14.8. The molecule has 3 aromatic carbocycles. The molecular formula is C30H32F2N3O3+. The number of piperidine rings is 3. The van der Waals surface area contributed by atoms with E-state index in [4.69, 9.17) is 4.74 Å². The van der Waals surface area contributed by atoms with E-state index in [2.05, 4.69) is 5.32 Å². The van der Waals surface area contributed by atoms with Gasteiger partial charge < -0.3 is 14.5 Å². The summed E-state index contributed by atoms with van der Waals surface area (Å²) in [5.74, 6) is -0.793. The molecule has 3 fully saturated rings. The monoisotopic (exact) mass is 520 g/mol. The van der Waals surface area contributed by atoms with Crippen molar-refractivity contribution in [2.24, 2.45) is 5.92 Å². The van der Waals surface area contributed by atoms with Crippen molar-refractivity contribution in [3.05, 3.63) is 95.6 Å². The van der Waals surface area contributed by atoms with Crippen LogP contribution in [-0.4, -0.2) is 48.8 Å². The largest absolute Gasteiger partial charge is 0.440 e. The number of hydrogen-bond donors (Lipinski definition) is 1. The summed E-state index contributed by atoms with van der Waals surface area (Å²) in [6.45, 7) is 4.55. The third kappa shape index (κ3) is 5.70. The lowest BCUT2D eigenvalue weighted by molar-refractivity contribution is -0.938. The lowest BCUT2D eigenvalue weighted by Crippen LogP contribution is -2.66. The first kappa shape index (κ1) is 25.9. The van der Waals surface area contributed by atoms with Crippen LogP contribution in [0.15, 0.2) is 72.8 Å². The van der Waals surface area contributed by atoms with Crippen LogP contribution in [0.25, 0.3) is 0 Å². The molecule has 1 atom stereocenters. The summed E-state index contributed by atoms with van der Waals surface area (Å²) in [6, 6.07) is 19.5. The average molecular weight is 521 g/mol. The van der Waals surface area contributed by atoms with Gasteiger partial charge in [-0.05, 0) is 48.4 Å². The van der Waals surface area contributed by atoms with E-state index in [0.29, 0.717) is 23.1 Å². The van der Waals surface area contributed by atoms with Crippen LogP contribution in [-0.2, 0) is 16.1 Å². The molecule has 198 valence electrons. The smallest absolute Gasteiger partial charge is 0.415 e. The Morgan fingerprint density at radius 1 is 0.974 bits per heavy atom. The highest BCUT2D eigenvalue weighted by Gasteiger charge is 2.49. The zero-order chi connectivity index (χ0) is 26.7. The summed E-state index contributed by atoms with van der Waals surface area (Å²) < 4.78 is 34.8. The molecule has 0 aliphatic carbocycles. The standard InChI is InChI=1S/C30H31F2N3O3/c1-21-6-2-4-8-26(21)33-29(36)20-35-16-14-23(15-17-35)28(19-35)38-30(37)34(27-9-5-3-7-25(27)32)18-22-10-12-24(31)13-11-22/h2-13,23,28H,14-20H2,1H3/p+1/t23?,28-,35?/m0/s1. The van der Waals surface area contributed by atoms with Crippen molar-refractivity contribution in [2.45, 2.75) is 32.4 Å². The second kappa shape index (κ2) is 10.9. The molecule has 3 aromatic rings. The number of nitrogens with one attached hydrogen (secondary N) is 1. The van der Waals surface area contributed by atoms with Gasteiger partial charge in [-0.3, -0.25) is 9.69 Å². The Balaban J connectivity index is 1.30. The van der Waals surface area contributed by atoms with Gasteiger partial charge in [0.25, 0.3) is 5.91 Å². The van der Waals surface area contributed by atoms with Crippen LogP contribution < -0.4 is 10.2 Å². The molecule has 6 nitrogen and oxygen atoms in total. The van der Waals surface area contributed by atoms with E-state index in [1.165, 1.54) is 29.2 Å². The van der Waals surface area contributed by atoms with Crippen molar-refractivity contribution in [2.75, 3.05) is 36.4 Å². The predicted octanol–water partition coefficient (Wildman–Crippen LogP) is 5.66. The van der Waals surface area contributed by atoms with Gasteiger partial charge in [0.1, 0.15) is 18.2 Å². The zero-order valence-corrected chi connectivity index (χ0v) is 21.4. The van der Waals surface area contributed by atoms with Gasteiger partial charge in [0.2, 0.25) is 0 Å². The summed E-state index contributed by atoms with van der Waals surface area (Å²) in [7, 11) is 0. The molecule has 3 aliphatic heterocycles. The number of carbonyl (C=O) groups is 2. The molecule has 2 amide bonds. The Hall–Kier alpha value is -3.78. The van der Waals surface area contributed by atoms with Gasteiger partial charge in [0.05, 0.1) is 25.3 Å². The molecular weight excluding hydrogens is 488 g/mol. The first-order valence-corrected chi connectivity index (χ1v) is 13.0. The molecule has 38 heavy (non-hydrogen) atoms. The molecule has 0 radical (unpaired) electrons. The van der Waals surface area contributed by atoms with Gasteiger partial charge in [0, 0.05) is 24.4 Å². The lowest BCUT2D eigenvalue weighted by atomic mass is 9.83. The number of para-hydroxylation sites is 2. The number of halogens is 2. The molecule has 0 spiro atoms. The number of amides is 2. The third-order valence-electron chi connectivity index (χ3n) is 7.81. The summed E-state index contributed by atoms with van der Waals surface area (Å²) >= 11 is 0. The van der Waals surface area contributed by atoms with E-state index < -0.39 is 11.9 Å². The van der Waals surface area contributed by atoms with Crippen LogP contribution >= 0.6 is 0 Å². The van der Waals surface area contributed by atoms with Crippen molar-refractivity contribution in [3.63, 3.8) is 0 Å². The quantitative estimate of drug-likeness (QED) is 0.409. The highest BCUT2D eigenvalue weighted by Crippen LogP contribution is 2.36. The molecule has 3 saturated heterocycles. The SMILES string of the molecule is Cc1ccccc1NC(=O)C[N+]12CCC(CC1)[C@@H](OC(=O)N(Cc1ccc(F)cc1)c1ccccc1F)C2. The minimum absolute atomic E-state index is 0.0380. The highest BCUT2D eigenvalue weighted by atomic mass is 19.1. The van der Waals surface area contributed by atoms with Gasteiger partial charge in [-0.2, -0.15) is 0 Å². The van der Waals surface area contributed by atoms with Crippen LogP contribution in [0.4, 0.5) is 25.0 Å². The fraction of sp³-hybridized carbons (Fsp3) is 0.333. The number of ether oxygens (including phenoxy) is 1. The Kier molecular flexibility index (Phi) is 7.42. The number of benzene rings is 3. The van der Waals surface area contributed by atoms with E-state index in [9.17, 15) is 18.4 Å². The van der Waals surface area contributed by atoms with Crippen molar-refractivity contribution >= 4 is 23.4 Å². The van der Waals surface area contributed by atoms with Crippen LogP contribution in [0.1, 0.15) is 24.0 Å². The van der Waals surface area contributed by atoms with Gasteiger partial charge in [-0.25, -0.2) is 13.6 Å².